The number of carbonyl (C=O) groups is 1. The molecule has 2 aromatic rings. The van der Waals surface area contributed by atoms with Gasteiger partial charge in [0, 0.05) is 18.9 Å². The number of hydrogen-bond acceptors (Lipinski definition) is 5. The predicted molar refractivity (Wildman–Crippen MR) is 69.0 cm³/mol. The van der Waals surface area contributed by atoms with Crippen molar-refractivity contribution in [3.63, 3.8) is 0 Å². The second kappa shape index (κ2) is 5.28. The zero-order valence-electron chi connectivity index (χ0n) is 10.8. The van der Waals surface area contributed by atoms with Crippen molar-refractivity contribution in [2.45, 2.75) is 25.3 Å². The summed E-state index contributed by atoms with van der Waals surface area (Å²) in [6, 6.07) is 1.59. The van der Waals surface area contributed by atoms with Gasteiger partial charge in [-0.1, -0.05) is 0 Å². The number of aromatic amines is 1. The highest BCUT2D eigenvalue weighted by atomic mass is 16.4. The number of aromatic nitrogens is 3. The lowest BCUT2D eigenvalue weighted by Crippen LogP contribution is -2.39. The average Bonchev–Trinajstić information content (AvgIpc) is 2.94. The van der Waals surface area contributed by atoms with E-state index in [4.69, 9.17) is 0 Å². The summed E-state index contributed by atoms with van der Waals surface area (Å²) in [5, 5.41) is 0. The minimum atomic E-state index is -0.627. The van der Waals surface area contributed by atoms with Gasteiger partial charge in [0.25, 0.3) is 5.91 Å². The van der Waals surface area contributed by atoms with Crippen molar-refractivity contribution in [1.29, 1.82) is 0 Å². The van der Waals surface area contributed by atoms with Crippen LogP contribution in [-0.2, 0) is 0 Å². The Bertz CT molecular complexity index is 649. The van der Waals surface area contributed by atoms with E-state index in [0.717, 1.165) is 25.5 Å². The van der Waals surface area contributed by atoms with Gasteiger partial charge in [-0.2, -0.15) is 0 Å². The zero-order valence-corrected chi connectivity index (χ0v) is 10.8. The van der Waals surface area contributed by atoms with Gasteiger partial charge in [0.2, 0.25) is 0 Å². The molecule has 0 bridgehead atoms. The summed E-state index contributed by atoms with van der Waals surface area (Å²) in [7, 11) is 0. The Morgan fingerprint density at radius 1 is 1.35 bits per heavy atom. The minimum absolute atomic E-state index is 0.157. The van der Waals surface area contributed by atoms with Crippen LogP contribution < -0.4 is 5.76 Å². The molecule has 0 radical (unpaired) electrons. The fourth-order valence-corrected chi connectivity index (χ4v) is 2.47. The fraction of sp³-hybridized carbons (Fsp3) is 0.385. The molecule has 0 aromatic carbocycles. The number of nitrogens with zero attached hydrogens (tertiary/aromatic N) is 3. The monoisotopic (exact) mass is 274 g/mol. The Morgan fingerprint density at radius 2 is 2.15 bits per heavy atom. The van der Waals surface area contributed by atoms with Crippen molar-refractivity contribution >= 4 is 5.91 Å². The molecule has 104 valence electrons. The van der Waals surface area contributed by atoms with E-state index in [2.05, 4.69) is 19.4 Å². The lowest BCUT2D eigenvalue weighted by Gasteiger charge is -2.34. The number of hydrogen-bond donors (Lipinski definition) is 1. The van der Waals surface area contributed by atoms with Crippen molar-refractivity contribution in [3.8, 4) is 0 Å². The predicted octanol–water partition coefficient (Wildman–Crippen LogP) is 1.13. The lowest BCUT2D eigenvalue weighted by molar-refractivity contribution is 0.0593. The SMILES string of the molecule is O=C(c1coc(=O)[nH]1)N1CCCCC1c1ncccn1. The van der Waals surface area contributed by atoms with E-state index in [9.17, 15) is 9.59 Å². The maximum absolute atomic E-state index is 12.4. The van der Waals surface area contributed by atoms with E-state index in [1.807, 2.05) is 0 Å². The standard InChI is InChI=1S/C13H14N4O3/c18-12(9-8-20-13(19)16-9)17-7-2-1-4-10(17)11-14-5-3-6-15-11/h3,5-6,8,10H,1-2,4,7H2,(H,16,19). The molecule has 20 heavy (non-hydrogen) atoms. The summed E-state index contributed by atoms with van der Waals surface area (Å²) in [5.74, 6) is -0.253. The number of rotatable bonds is 2. The van der Waals surface area contributed by atoms with E-state index in [1.54, 1.807) is 23.4 Å². The van der Waals surface area contributed by atoms with E-state index < -0.39 is 5.76 Å². The zero-order chi connectivity index (χ0) is 13.9. The van der Waals surface area contributed by atoms with E-state index in [1.165, 1.54) is 0 Å². The molecule has 1 saturated heterocycles. The summed E-state index contributed by atoms with van der Waals surface area (Å²) in [6.07, 6.45) is 7.25. The molecule has 0 saturated carbocycles. The molecule has 1 aliphatic rings. The number of carbonyl (C=O) groups excluding carboxylic acids is 1. The molecule has 0 aliphatic carbocycles. The van der Waals surface area contributed by atoms with E-state index in [-0.39, 0.29) is 17.6 Å². The molecule has 1 N–H and O–H groups in total. The Labute approximate surface area is 114 Å². The number of nitrogens with one attached hydrogen (secondary N) is 1. The second-order valence-corrected chi connectivity index (χ2v) is 4.68. The molecule has 1 aliphatic heterocycles. The quantitative estimate of drug-likeness (QED) is 0.886. The van der Waals surface area contributed by atoms with Crippen molar-refractivity contribution in [1.82, 2.24) is 19.9 Å². The Kier molecular flexibility index (Phi) is 3.32. The van der Waals surface area contributed by atoms with Gasteiger partial charge in [-0.25, -0.2) is 14.8 Å². The number of amides is 1. The number of likely N-dealkylation sites (tertiary alicyclic amines) is 1. The molecule has 0 spiro atoms. The topological polar surface area (TPSA) is 92.1 Å². The van der Waals surface area contributed by atoms with Crippen molar-refractivity contribution in [3.05, 3.63) is 46.8 Å². The van der Waals surface area contributed by atoms with Gasteiger partial charge in [0.15, 0.2) is 5.82 Å². The second-order valence-electron chi connectivity index (χ2n) is 4.68. The highest BCUT2D eigenvalue weighted by molar-refractivity contribution is 5.92. The van der Waals surface area contributed by atoms with Crippen LogP contribution in [0.25, 0.3) is 0 Å². The third-order valence-electron chi connectivity index (χ3n) is 3.40. The largest absolute Gasteiger partial charge is 0.416 e. The molecule has 1 amide bonds. The highest BCUT2D eigenvalue weighted by Gasteiger charge is 2.31. The van der Waals surface area contributed by atoms with Crippen LogP contribution in [-0.4, -0.2) is 32.3 Å². The van der Waals surface area contributed by atoms with Crippen LogP contribution in [0.2, 0.25) is 0 Å². The number of piperidine rings is 1. The minimum Gasteiger partial charge on any atom is -0.416 e. The van der Waals surface area contributed by atoms with Gasteiger partial charge >= 0.3 is 5.76 Å². The normalized spacial score (nSPS) is 19.0. The van der Waals surface area contributed by atoms with Gasteiger partial charge in [-0.15, -0.1) is 0 Å². The molecule has 1 unspecified atom stereocenters. The van der Waals surface area contributed by atoms with Gasteiger partial charge in [0.05, 0.1) is 6.04 Å². The Balaban J connectivity index is 1.89. The summed E-state index contributed by atoms with van der Waals surface area (Å²) in [5.41, 5.74) is 0.165. The Hall–Kier alpha value is -2.44. The van der Waals surface area contributed by atoms with Crippen molar-refractivity contribution < 1.29 is 9.21 Å². The third-order valence-corrected chi connectivity index (χ3v) is 3.40. The van der Waals surface area contributed by atoms with Crippen molar-refractivity contribution in [2.24, 2.45) is 0 Å². The first-order chi connectivity index (χ1) is 9.75. The highest BCUT2D eigenvalue weighted by Crippen LogP contribution is 2.29. The molecule has 3 rings (SSSR count). The first-order valence-electron chi connectivity index (χ1n) is 6.51. The van der Waals surface area contributed by atoms with E-state index in [0.29, 0.717) is 12.4 Å². The summed E-state index contributed by atoms with van der Waals surface area (Å²) < 4.78 is 4.63. The maximum Gasteiger partial charge on any atom is 0.416 e. The molecule has 3 heterocycles. The molecular formula is C13H14N4O3. The van der Waals surface area contributed by atoms with Crippen LogP contribution in [0.1, 0.15) is 41.6 Å². The van der Waals surface area contributed by atoms with Crippen LogP contribution in [0.3, 0.4) is 0 Å². The summed E-state index contributed by atoms with van der Waals surface area (Å²) in [4.78, 5) is 36.0. The maximum atomic E-state index is 12.4. The van der Waals surface area contributed by atoms with Gasteiger partial charge in [0.1, 0.15) is 12.0 Å². The molecule has 1 fully saturated rings. The molecule has 1 atom stereocenters. The number of H-pyrrole nitrogens is 1. The average molecular weight is 274 g/mol. The van der Waals surface area contributed by atoms with Crippen LogP contribution >= 0.6 is 0 Å². The molecular weight excluding hydrogens is 260 g/mol. The summed E-state index contributed by atoms with van der Waals surface area (Å²) >= 11 is 0. The number of oxazole rings is 1. The lowest BCUT2D eigenvalue weighted by atomic mass is 10.0. The molecule has 7 nitrogen and oxygen atoms in total. The smallest absolute Gasteiger partial charge is 0.416 e. The Morgan fingerprint density at radius 3 is 2.85 bits per heavy atom. The van der Waals surface area contributed by atoms with Gasteiger partial charge < -0.3 is 9.32 Å². The van der Waals surface area contributed by atoms with Crippen LogP contribution in [0, 0.1) is 0 Å². The third kappa shape index (κ3) is 2.34. The van der Waals surface area contributed by atoms with Gasteiger partial charge in [-0.05, 0) is 25.3 Å². The molecule has 2 aromatic heterocycles. The first-order valence-corrected chi connectivity index (χ1v) is 6.51. The van der Waals surface area contributed by atoms with E-state index >= 15 is 0 Å². The van der Waals surface area contributed by atoms with Crippen LogP contribution in [0.4, 0.5) is 0 Å². The fourth-order valence-electron chi connectivity index (χ4n) is 2.47. The first kappa shape index (κ1) is 12.6. The van der Waals surface area contributed by atoms with Crippen LogP contribution in [0.5, 0.6) is 0 Å². The molecule has 7 heteroatoms. The van der Waals surface area contributed by atoms with Crippen LogP contribution in [0.15, 0.2) is 33.9 Å². The van der Waals surface area contributed by atoms with Crippen molar-refractivity contribution in [2.75, 3.05) is 6.54 Å². The summed E-state index contributed by atoms with van der Waals surface area (Å²) in [6.45, 7) is 0.620. The van der Waals surface area contributed by atoms with Gasteiger partial charge in [-0.3, -0.25) is 9.78 Å².